The maximum Gasteiger partial charge on any atom is 0.145 e. The Kier molecular flexibility index (Phi) is 3.80. The van der Waals surface area contributed by atoms with Gasteiger partial charge >= 0.3 is 0 Å². The predicted molar refractivity (Wildman–Crippen MR) is 59.4 cm³/mol. The van der Waals surface area contributed by atoms with Crippen molar-refractivity contribution >= 4 is 5.82 Å². The van der Waals surface area contributed by atoms with Crippen LogP contribution in [0.25, 0.3) is 0 Å². The van der Waals surface area contributed by atoms with Crippen LogP contribution in [-0.2, 0) is 12.8 Å². The van der Waals surface area contributed by atoms with Crippen LogP contribution in [0.1, 0.15) is 44.6 Å². The number of nitrogen functional groups attached to an aromatic ring is 2. The van der Waals surface area contributed by atoms with Crippen molar-refractivity contribution in [3.8, 4) is 0 Å². The molecule has 1 aromatic heterocycles. The second kappa shape index (κ2) is 4.88. The number of aryl methyl sites for hydroxylation is 2. The molecule has 1 aromatic rings. The van der Waals surface area contributed by atoms with Gasteiger partial charge in [0.25, 0.3) is 0 Å². The average molecular weight is 196 g/mol. The number of unbranched alkanes of at least 4 members (excludes halogenated alkanes) is 1. The second-order valence-electron chi connectivity index (χ2n) is 3.58. The van der Waals surface area contributed by atoms with Crippen molar-refractivity contribution in [2.24, 2.45) is 0 Å². The zero-order chi connectivity index (χ0) is 10.6. The molecule has 0 saturated carbocycles. The third-order valence-electron chi connectivity index (χ3n) is 2.34. The lowest BCUT2D eigenvalue weighted by Crippen LogP contribution is -2.15. The van der Waals surface area contributed by atoms with E-state index in [1.165, 1.54) is 4.68 Å². The molecule has 1 heterocycles. The van der Waals surface area contributed by atoms with Crippen LogP contribution in [0.2, 0.25) is 0 Å². The Bertz CT molecular complexity index is 291. The molecule has 0 fully saturated rings. The van der Waals surface area contributed by atoms with Gasteiger partial charge in [-0.25, -0.2) is 9.66 Å². The highest BCUT2D eigenvalue weighted by molar-refractivity contribution is 5.38. The average Bonchev–Trinajstić information content (AvgIpc) is 2.44. The minimum atomic E-state index is 0.627. The molecule has 0 aliphatic heterocycles. The van der Waals surface area contributed by atoms with E-state index in [0.29, 0.717) is 5.82 Å². The summed E-state index contributed by atoms with van der Waals surface area (Å²) in [5, 5.41) is 0. The summed E-state index contributed by atoms with van der Waals surface area (Å²) < 4.78 is 1.52. The van der Waals surface area contributed by atoms with Crippen LogP contribution in [0.4, 0.5) is 5.82 Å². The number of hydrogen-bond acceptors (Lipinski definition) is 3. The van der Waals surface area contributed by atoms with Crippen molar-refractivity contribution in [3.63, 3.8) is 0 Å². The number of rotatable bonds is 5. The predicted octanol–water partition coefficient (Wildman–Crippen LogP) is 1.47. The van der Waals surface area contributed by atoms with Crippen molar-refractivity contribution in [1.82, 2.24) is 9.66 Å². The Morgan fingerprint density at radius 1 is 1.21 bits per heavy atom. The van der Waals surface area contributed by atoms with Crippen LogP contribution >= 0.6 is 0 Å². The maximum absolute atomic E-state index is 5.85. The molecular weight excluding hydrogens is 176 g/mol. The van der Waals surface area contributed by atoms with Crippen LogP contribution in [0.5, 0.6) is 0 Å². The molecule has 4 nitrogen and oxygen atoms in total. The van der Waals surface area contributed by atoms with Crippen molar-refractivity contribution in [1.29, 1.82) is 0 Å². The summed E-state index contributed by atoms with van der Waals surface area (Å²) in [4.78, 5) is 4.45. The Labute approximate surface area is 85.3 Å². The number of nitrogens with zero attached hydrogens (tertiary/aromatic N) is 2. The lowest BCUT2D eigenvalue weighted by atomic mass is 10.2. The number of aromatic nitrogens is 2. The molecule has 0 unspecified atom stereocenters. The Morgan fingerprint density at radius 3 is 2.50 bits per heavy atom. The van der Waals surface area contributed by atoms with Crippen molar-refractivity contribution in [2.45, 2.75) is 46.0 Å². The monoisotopic (exact) mass is 196 g/mol. The molecule has 1 rings (SSSR count). The Morgan fingerprint density at radius 2 is 1.93 bits per heavy atom. The van der Waals surface area contributed by atoms with Gasteiger partial charge in [0.2, 0.25) is 0 Å². The quantitative estimate of drug-likeness (QED) is 0.701. The second-order valence-corrected chi connectivity index (χ2v) is 3.58. The highest BCUT2D eigenvalue weighted by Crippen LogP contribution is 2.14. The summed E-state index contributed by atoms with van der Waals surface area (Å²) in [6.45, 7) is 4.26. The lowest BCUT2D eigenvalue weighted by Gasteiger charge is -2.00. The number of imidazole rings is 1. The van der Waals surface area contributed by atoms with E-state index in [1.807, 2.05) is 0 Å². The van der Waals surface area contributed by atoms with Crippen LogP contribution in [0.15, 0.2) is 0 Å². The smallest absolute Gasteiger partial charge is 0.145 e. The molecule has 0 aliphatic carbocycles. The first-order valence-corrected chi connectivity index (χ1v) is 5.31. The molecule has 80 valence electrons. The molecule has 0 spiro atoms. The Hall–Kier alpha value is -1.19. The largest absolute Gasteiger partial charge is 0.382 e. The summed E-state index contributed by atoms with van der Waals surface area (Å²) in [7, 11) is 0. The van der Waals surface area contributed by atoms with Crippen molar-refractivity contribution < 1.29 is 0 Å². The number of nitrogens with two attached hydrogens (primary N) is 2. The molecule has 4 heteroatoms. The van der Waals surface area contributed by atoms with Crippen LogP contribution in [0.3, 0.4) is 0 Å². The molecule has 0 aromatic carbocycles. The van der Waals surface area contributed by atoms with Crippen LogP contribution in [-0.4, -0.2) is 9.66 Å². The standard InChI is InChI=1S/C10H20N4/c1-3-5-7-8-10(11)14(12)9(13-8)6-4-2/h3-7,11-12H2,1-2H3. The molecule has 0 aliphatic rings. The first-order valence-electron chi connectivity index (χ1n) is 5.31. The maximum atomic E-state index is 5.85. The SMILES string of the molecule is CCCCc1nc(CCC)n(N)c1N. The van der Waals surface area contributed by atoms with Crippen molar-refractivity contribution in [2.75, 3.05) is 11.6 Å². The van der Waals surface area contributed by atoms with Gasteiger partial charge in [0.05, 0.1) is 5.69 Å². The van der Waals surface area contributed by atoms with Gasteiger partial charge in [-0.05, 0) is 19.3 Å². The highest BCUT2D eigenvalue weighted by atomic mass is 15.4. The summed E-state index contributed by atoms with van der Waals surface area (Å²) in [5.41, 5.74) is 6.81. The zero-order valence-corrected chi connectivity index (χ0v) is 9.08. The fourth-order valence-corrected chi connectivity index (χ4v) is 1.47. The van der Waals surface area contributed by atoms with E-state index in [9.17, 15) is 0 Å². The van der Waals surface area contributed by atoms with Crippen LogP contribution in [0, 0.1) is 0 Å². The Balaban J connectivity index is 2.79. The molecule has 0 amide bonds. The first-order chi connectivity index (χ1) is 6.70. The van der Waals surface area contributed by atoms with Gasteiger partial charge in [0.15, 0.2) is 0 Å². The van der Waals surface area contributed by atoms with Crippen LogP contribution < -0.4 is 11.6 Å². The van der Waals surface area contributed by atoms with Gasteiger partial charge in [-0.2, -0.15) is 0 Å². The van der Waals surface area contributed by atoms with E-state index in [1.54, 1.807) is 0 Å². The van der Waals surface area contributed by atoms with Gasteiger partial charge in [-0.3, -0.25) is 0 Å². The number of anilines is 1. The van der Waals surface area contributed by atoms with Crippen molar-refractivity contribution in [3.05, 3.63) is 11.5 Å². The molecular formula is C10H20N4. The third kappa shape index (κ3) is 2.19. The molecule has 0 atom stereocenters. The summed E-state index contributed by atoms with van der Waals surface area (Å²) >= 11 is 0. The van der Waals surface area contributed by atoms with Gasteiger partial charge < -0.3 is 11.6 Å². The molecule has 4 N–H and O–H groups in total. The summed E-state index contributed by atoms with van der Waals surface area (Å²) in [6.07, 6.45) is 5.14. The van der Waals surface area contributed by atoms with E-state index in [-0.39, 0.29) is 0 Å². The molecule has 0 saturated heterocycles. The highest BCUT2D eigenvalue weighted by Gasteiger charge is 2.10. The molecule has 14 heavy (non-hydrogen) atoms. The van der Waals surface area contributed by atoms with Gasteiger partial charge in [-0.1, -0.05) is 20.3 Å². The minimum Gasteiger partial charge on any atom is -0.382 e. The van der Waals surface area contributed by atoms with E-state index in [4.69, 9.17) is 11.6 Å². The summed E-state index contributed by atoms with van der Waals surface area (Å²) in [6, 6.07) is 0. The molecule has 0 bridgehead atoms. The van der Waals surface area contributed by atoms with E-state index < -0.39 is 0 Å². The minimum absolute atomic E-state index is 0.627. The van der Waals surface area contributed by atoms with Gasteiger partial charge in [0.1, 0.15) is 11.6 Å². The zero-order valence-electron chi connectivity index (χ0n) is 9.08. The topological polar surface area (TPSA) is 69.9 Å². The van der Waals surface area contributed by atoms with E-state index in [0.717, 1.165) is 43.6 Å². The van der Waals surface area contributed by atoms with Gasteiger partial charge in [-0.15, -0.1) is 0 Å². The fourth-order valence-electron chi connectivity index (χ4n) is 1.47. The number of hydrogen-bond donors (Lipinski definition) is 2. The summed E-state index contributed by atoms with van der Waals surface area (Å²) in [5.74, 6) is 7.32. The first kappa shape index (κ1) is 10.9. The van der Waals surface area contributed by atoms with E-state index >= 15 is 0 Å². The fraction of sp³-hybridized carbons (Fsp3) is 0.700. The van der Waals surface area contributed by atoms with E-state index in [2.05, 4.69) is 18.8 Å². The van der Waals surface area contributed by atoms with Gasteiger partial charge in [0, 0.05) is 6.42 Å². The lowest BCUT2D eigenvalue weighted by molar-refractivity contribution is 0.769. The molecule has 0 radical (unpaired) electrons. The normalized spacial score (nSPS) is 10.7. The third-order valence-corrected chi connectivity index (χ3v) is 2.34.